The number of carbonyl (C=O) groups excluding carboxylic acids is 1. The number of aliphatic hydroxyl groups excluding tert-OH is 1. The van der Waals surface area contributed by atoms with Gasteiger partial charge in [-0.15, -0.1) is 0 Å². The van der Waals surface area contributed by atoms with Crippen LogP contribution >= 0.6 is 0 Å². The molecule has 1 atom stereocenters. The van der Waals surface area contributed by atoms with Crippen LogP contribution < -0.4 is 10.6 Å². The highest BCUT2D eigenvalue weighted by Gasteiger charge is 2.12. The van der Waals surface area contributed by atoms with Gasteiger partial charge in [0.2, 0.25) is 0 Å². The molecule has 0 bridgehead atoms. The van der Waals surface area contributed by atoms with Gasteiger partial charge in [-0.1, -0.05) is 13.8 Å². The predicted molar refractivity (Wildman–Crippen MR) is 66.7 cm³/mol. The number of aliphatic hydroxyl groups is 1. The topological polar surface area (TPSA) is 74.2 Å². The fourth-order valence-electron chi connectivity index (χ4n) is 1.54. The summed E-state index contributed by atoms with van der Waals surface area (Å²) in [6, 6.07) is 2.89. The van der Waals surface area contributed by atoms with E-state index in [2.05, 4.69) is 15.6 Å². The minimum absolute atomic E-state index is 0.0536. The first-order valence-electron chi connectivity index (χ1n) is 5.70. The second-order valence-electron chi connectivity index (χ2n) is 4.34. The summed E-state index contributed by atoms with van der Waals surface area (Å²) >= 11 is 0. The number of rotatable bonds is 5. The number of amides is 2. The lowest BCUT2D eigenvalue weighted by Gasteiger charge is -2.18. The fourth-order valence-corrected chi connectivity index (χ4v) is 1.54. The third kappa shape index (κ3) is 5.31. The molecule has 5 heteroatoms. The molecule has 1 heterocycles. The largest absolute Gasteiger partial charge is 0.394 e. The maximum absolute atomic E-state index is 11.6. The smallest absolute Gasteiger partial charge is 0.319 e. The zero-order valence-corrected chi connectivity index (χ0v) is 10.2. The molecule has 1 rings (SSSR count). The van der Waals surface area contributed by atoms with Gasteiger partial charge in [-0.05, 0) is 24.5 Å². The predicted octanol–water partition coefficient (Wildman–Crippen LogP) is 1.61. The Morgan fingerprint density at radius 1 is 1.41 bits per heavy atom. The van der Waals surface area contributed by atoms with E-state index in [4.69, 9.17) is 5.11 Å². The van der Waals surface area contributed by atoms with E-state index in [9.17, 15) is 4.79 Å². The second-order valence-corrected chi connectivity index (χ2v) is 4.34. The van der Waals surface area contributed by atoms with Gasteiger partial charge in [0, 0.05) is 18.1 Å². The Labute approximate surface area is 101 Å². The summed E-state index contributed by atoms with van der Waals surface area (Å²) in [6.07, 6.45) is 3.96. The standard InChI is InChI=1S/C12H19N3O2/c1-9(2)7-11(8-16)15-12(17)14-10-3-5-13-6-4-10/h3-6,9,11,16H,7-8H2,1-2H3,(H2,13,14,15,17)/t11-/m1/s1. The van der Waals surface area contributed by atoms with Gasteiger partial charge in [-0.3, -0.25) is 4.98 Å². The van der Waals surface area contributed by atoms with Crippen LogP contribution in [0, 0.1) is 5.92 Å². The normalized spacial score (nSPS) is 12.2. The number of hydrogen-bond donors (Lipinski definition) is 3. The molecule has 0 aromatic carbocycles. The highest BCUT2D eigenvalue weighted by atomic mass is 16.3. The Bertz CT molecular complexity index is 341. The van der Waals surface area contributed by atoms with Crippen molar-refractivity contribution in [3.05, 3.63) is 24.5 Å². The molecule has 5 nitrogen and oxygen atoms in total. The number of aromatic nitrogens is 1. The SMILES string of the molecule is CC(C)C[C@H](CO)NC(=O)Nc1ccncc1. The van der Waals surface area contributed by atoms with Gasteiger partial charge in [0.05, 0.1) is 12.6 Å². The van der Waals surface area contributed by atoms with Crippen molar-refractivity contribution in [1.82, 2.24) is 10.3 Å². The van der Waals surface area contributed by atoms with Crippen molar-refractivity contribution >= 4 is 11.7 Å². The van der Waals surface area contributed by atoms with Crippen LogP contribution in [0.25, 0.3) is 0 Å². The van der Waals surface area contributed by atoms with E-state index in [1.807, 2.05) is 13.8 Å². The third-order valence-electron chi connectivity index (χ3n) is 2.25. The minimum atomic E-state index is -0.309. The zero-order chi connectivity index (χ0) is 12.7. The zero-order valence-electron chi connectivity index (χ0n) is 10.2. The number of carbonyl (C=O) groups is 1. The molecule has 1 aromatic heterocycles. The van der Waals surface area contributed by atoms with Crippen molar-refractivity contribution < 1.29 is 9.90 Å². The van der Waals surface area contributed by atoms with Crippen LogP contribution in [0.15, 0.2) is 24.5 Å². The number of nitrogens with zero attached hydrogens (tertiary/aromatic N) is 1. The monoisotopic (exact) mass is 237 g/mol. The Balaban J connectivity index is 2.43. The van der Waals surface area contributed by atoms with E-state index in [0.717, 1.165) is 6.42 Å². The van der Waals surface area contributed by atoms with Crippen molar-refractivity contribution in [2.75, 3.05) is 11.9 Å². The molecule has 0 unspecified atom stereocenters. The average molecular weight is 237 g/mol. The van der Waals surface area contributed by atoms with Gasteiger partial charge in [-0.2, -0.15) is 0 Å². The van der Waals surface area contributed by atoms with Crippen molar-refractivity contribution in [3.8, 4) is 0 Å². The lowest BCUT2D eigenvalue weighted by Crippen LogP contribution is -2.40. The number of pyridine rings is 1. The van der Waals surface area contributed by atoms with E-state index in [1.54, 1.807) is 24.5 Å². The van der Waals surface area contributed by atoms with Crippen LogP contribution in [0.3, 0.4) is 0 Å². The molecule has 1 aromatic rings. The van der Waals surface area contributed by atoms with Crippen molar-refractivity contribution in [2.45, 2.75) is 26.3 Å². The summed E-state index contributed by atoms with van der Waals surface area (Å²) in [7, 11) is 0. The average Bonchev–Trinajstić information content (AvgIpc) is 2.28. The summed E-state index contributed by atoms with van der Waals surface area (Å²) in [4.78, 5) is 15.5. The number of nitrogens with one attached hydrogen (secondary N) is 2. The van der Waals surface area contributed by atoms with Crippen molar-refractivity contribution in [3.63, 3.8) is 0 Å². The molecule has 0 radical (unpaired) electrons. The Hall–Kier alpha value is -1.62. The molecular formula is C12H19N3O2. The van der Waals surface area contributed by atoms with E-state index >= 15 is 0 Å². The molecule has 2 amide bonds. The Morgan fingerprint density at radius 2 is 2.06 bits per heavy atom. The molecule has 17 heavy (non-hydrogen) atoms. The van der Waals surface area contributed by atoms with Crippen LogP contribution in [0.2, 0.25) is 0 Å². The van der Waals surface area contributed by atoms with Gasteiger partial charge in [0.15, 0.2) is 0 Å². The maximum Gasteiger partial charge on any atom is 0.319 e. The second kappa shape index (κ2) is 6.85. The van der Waals surface area contributed by atoms with Crippen LogP contribution in [0.5, 0.6) is 0 Å². The van der Waals surface area contributed by atoms with Crippen molar-refractivity contribution in [1.29, 1.82) is 0 Å². The highest BCUT2D eigenvalue weighted by molar-refractivity contribution is 5.89. The first kappa shape index (κ1) is 13.4. The van der Waals surface area contributed by atoms with Gasteiger partial charge in [0.25, 0.3) is 0 Å². The fraction of sp³-hybridized carbons (Fsp3) is 0.500. The summed E-state index contributed by atoms with van der Waals surface area (Å²) in [5, 5.41) is 14.5. The molecule has 0 saturated heterocycles. The summed E-state index contributed by atoms with van der Waals surface area (Å²) in [5.74, 6) is 0.424. The lowest BCUT2D eigenvalue weighted by atomic mass is 10.0. The maximum atomic E-state index is 11.6. The summed E-state index contributed by atoms with van der Waals surface area (Å²) in [6.45, 7) is 4.04. The van der Waals surface area contributed by atoms with Gasteiger partial charge < -0.3 is 15.7 Å². The van der Waals surface area contributed by atoms with Gasteiger partial charge >= 0.3 is 6.03 Å². The van der Waals surface area contributed by atoms with E-state index in [0.29, 0.717) is 11.6 Å². The third-order valence-corrected chi connectivity index (χ3v) is 2.25. The quantitative estimate of drug-likeness (QED) is 0.728. The molecule has 0 saturated carbocycles. The van der Waals surface area contributed by atoms with Gasteiger partial charge in [0.1, 0.15) is 0 Å². The number of urea groups is 1. The van der Waals surface area contributed by atoms with Crippen LogP contribution in [-0.2, 0) is 0 Å². The first-order valence-corrected chi connectivity index (χ1v) is 5.70. The molecule has 0 aliphatic carbocycles. The van der Waals surface area contributed by atoms with Crippen LogP contribution in [-0.4, -0.2) is 28.8 Å². The Kier molecular flexibility index (Phi) is 5.42. The summed E-state index contributed by atoms with van der Waals surface area (Å²) < 4.78 is 0. The van der Waals surface area contributed by atoms with Crippen molar-refractivity contribution in [2.24, 2.45) is 5.92 Å². The molecule has 0 fully saturated rings. The molecule has 3 N–H and O–H groups in total. The number of anilines is 1. The molecule has 0 spiro atoms. The number of hydrogen-bond acceptors (Lipinski definition) is 3. The molecular weight excluding hydrogens is 218 g/mol. The molecule has 0 aliphatic rings. The lowest BCUT2D eigenvalue weighted by molar-refractivity contribution is 0.214. The van der Waals surface area contributed by atoms with E-state index in [1.165, 1.54) is 0 Å². The molecule has 94 valence electrons. The van der Waals surface area contributed by atoms with E-state index in [-0.39, 0.29) is 18.7 Å². The van der Waals surface area contributed by atoms with Crippen LogP contribution in [0.1, 0.15) is 20.3 Å². The molecule has 0 aliphatic heterocycles. The Morgan fingerprint density at radius 3 is 2.59 bits per heavy atom. The highest BCUT2D eigenvalue weighted by Crippen LogP contribution is 2.06. The minimum Gasteiger partial charge on any atom is -0.394 e. The van der Waals surface area contributed by atoms with Gasteiger partial charge in [-0.25, -0.2) is 4.79 Å². The van der Waals surface area contributed by atoms with E-state index < -0.39 is 0 Å². The first-order chi connectivity index (χ1) is 8.11. The summed E-state index contributed by atoms with van der Waals surface area (Å²) in [5.41, 5.74) is 0.679. The van der Waals surface area contributed by atoms with Crippen LogP contribution in [0.4, 0.5) is 10.5 Å².